The SMILES string of the molecule is c1ccc(-c2ccc(-c3ccc(N(c4ccc(-c5ccccc5-c5ccccc5-c5ccccc5)cc4)c4cccc5ccccc45)cc3)cc2-c2cc3ccccc3o2)cc1. The van der Waals surface area contributed by atoms with E-state index in [0.717, 1.165) is 61.6 Å². The van der Waals surface area contributed by atoms with Gasteiger partial charge in [0.25, 0.3) is 0 Å². The summed E-state index contributed by atoms with van der Waals surface area (Å²) >= 11 is 0. The number of hydrogen-bond acceptors (Lipinski definition) is 2. The first-order valence-corrected chi connectivity index (χ1v) is 21.2. The summed E-state index contributed by atoms with van der Waals surface area (Å²) < 4.78 is 6.47. The Bertz CT molecular complexity index is 3290. The van der Waals surface area contributed by atoms with Crippen LogP contribution in [0.5, 0.6) is 0 Å². The lowest BCUT2D eigenvalue weighted by Gasteiger charge is -2.27. The van der Waals surface area contributed by atoms with Crippen molar-refractivity contribution >= 4 is 38.8 Å². The van der Waals surface area contributed by atoms with E-state index in [2.05, 4.69) is 241 Å². The molecule has 0 saturated carbocycles. The third-order valence-corrected chi connectivity index (χ3v) is 11.9. The Morgan fingerprint density at radius 1 is 0.274 bits per heavy atom. The predicted octanol–water partition coefficient (Wildman–Crippen LogP) is 17.1. The number of rotatable bonds is 9. The minimum absolute atomic E-state index is 0.858. The van der Waals surface area contributed by atoms with Crippen LogP contribution >= 0.6 is 0 Å². The molecule has 0 spiro atoms. The van der Waals surface area contributed by atoms with Crippen LogP contribution in [-0.4, -0.2) is 0 Å². The highest BCUT2D eigenvalue weighted by molar-refractivity contribution is 6.00. The molecule has 0 amide bonds. The summed E-state index contributed by atoms with van der Waals surface area (Å²) in [5.74, 6) is 0.858. The first kappa shape index (κ1) is 36.8. The monoisotopic (exact) mass is 791 g/mol. The number of nitrogens with zero attached hydrogens (tertiary/aromatic N) is 1. The van der Waals surface area contributed by atoms with Gasteiger partial charge < -0.3 is 9.32 Å². The average molecular weight is 792 g/mol. The average Bonchev–Trinajstić information content (AvgIpc) is 3.80. The van der Waals surface area contributed by atoms with Gasteiger partial charge in [-0.25, -0.2) is 0 Å². The Morgan fingerprint density at radius 2 is 0.742 bits per heavy atom. The van der Waals surface area contributed by atoms with Gasteiger partial charge in [-0.15, -0.1) is 0 Å². The molecule has 2 heteroatoms. The molecule has 1 heterocycles. The summed E-state index contributed by atoms with van der Waals surface area (Å²) in [6, 6.07) is 89.0. The van der Waals surface area contributed by atoms with Gasteiger partial charge in [0, 0.05) is 27.7 Å². The van der Waals surface area contributed by atoms with Gasteiger partial charge in [0.15, 0.2) is 0 Å². The van der Waals surface area contributed by atoms with Crippen LogP contribution in [0.2, 0.25) is 0 Å². The minimum atomic E-state index is 0.858. The zero-order valence-corrected chi connectivity index (χ0v) is 34.0. The largest absolute Gasteiger partial charge is 0.456 e. The van der Waals surface area contributed by atoms with E-state index in [9.17, 15) is 0 Å². The van der Waals surface area contributed by atoms with E-state index in [4.69, 9.17) is 4.42 Å². The van der Waals surface area contributed by atoms with Gasteiger partial charge in [-0.3, -0.25) is 0 Å². The zero-order chi connectivity index (χ0) is 41.2. The van der Waals surface area contributed by atoms with Gasteiger partial charge >= 0.3 is 0 Å². The van der Waals surface area contributed by atoms with E-state index in [1.165, 1.54) is 44.2 Å². The lowest BCUT2D eigenvalue weighted by atomic mass is 9.89. The van der Waals surface area contributed by atoms with Crippen molar-refractivity contribution in [3.63, 3.8) is 0 Å². The van der Waals surface area contributed by atoms with E-state index >= 15 is 0 Å². The quantitative estimate of drug-likeness (QED) is 0.145. The van der Waals surface area contributed by atoms with E-state index in [1.807, 2.05) is 12.1 Å². The molecule has 292 valence electrons. The second-order valence-corrected chi connectivity index (χ2v) is 15.7. The van der Waals surface area contributed by atoms with Crippen molar-refractivity contribution in [3.05, 3.63) is 249 Å². The second-order valence-electron chi connectivity index (χ2n) is 15.7. The van der Waals surface area contributed by atoms with Gasteiger partial charge in [-0.1, -0.05) is 200 Å². The summed E-state index contributed by atoms with van der Waals surface area (Å²) in [6.07, 6.45) is 0. The highest BCUT2D eigenvalue weighted by atomic mass is 16.3. The fraction of sp³-hybridized carbons (Fsp3) is 0. The number of para-hydroxylation sites is 1. The Balaban J connectivity index is 0.988. The van der Waals surface area contributed by atoms with Crippen LogP contribution in [0.1, 0.15) is 0 Å². The third-order valence-electron chi connectivity index (χ3n) is 11.9. The van der Waals surface area contributed by atoms with E-state index in [1.54, 1.807) is 0 Å². The normalized spacial score (nSPS) is 11.2. The summed E-state index contributed by atoms with van der Waals surface area (Å²) in [7, 11) is 0. The maximum absolute atomic E-state index is 6.47. The lowest BCUT2D eigenvalue weighted by molar-refractivity contribution is 0.632. The summed E-state index contributed by atoms with van der Waals surface area (Å²) in [4.78, 5) is 2.38. The van der Waals surface area contributed by atoms with E-state index < -0.39 is 0 Å². The molecule has 0 saturated heterocycles. The molecule has 0 atom stereocenters. The number of fused-ring (bicyclic) bond motifs is 2. The van der Waals surface area contributed by atoms with Crippen LogP contribution in [0, 0.1) is 0 Å². The van der Waals surface area contributed by atoms with Crippen LogP contribution < -0.4 is 4.90 Å². The molecule has 0 aliphatic carbocycles. The lowest BCUT2D eigenvalue weighted by Crippen LogP contribution is -2.10. The van der Waals surface area contributed by atoms with Crippen LogP contribution in [0.4, 0.5) is 17.1 Å². The van der Waals surface area contributed by atoms with Crippen molar-refractivity contribution in [2.24, 2.45) is 0 Å². The van der Waals surface area contributed by atoms with Gasteiger partial charge in [0.05, 0.1) is 5.69 Å². The van der Waals surface area contributed by atoms with Crippen LogP contribution in [-0.2, 0) is 0 Å². The Hall–Kier alpha value is -8.20. The topological polar surface area (TPSA) is 16.4 Å². The van der Waals surface area contributed by atoms with E-state index in [0.29, 0.717) is 0 Å². The molecular weight excluding hydrogens is 751 g/mol. The van der Waals surface area contributed by atoms with Crippen molar-refractivity contribution in [1.29, 1.82) is 0 Å². The van der Waals surface area contributed by atoms with Crippen LogP contribution in [0.25, 0.3) is 88.7 Å². The second kappa shape index (κ2) is 16.1. The maximum atomic E-state index is 6.47. The number of furan rings is 1. The summed E-state index contributed by atoms with van der Waals surface area (Å²) in [5, 5.41) is 3.49. The molecular formula is C60H41NO. The molecule has 11 aromatic rings. The molecule has 62 heavy (non-hydrogen) atoms. The van der Waals surface area contributed by atoms with Crippen molar-refractivity contribution < 1.29 is 4.42 Å². The summed E-state index contributed by atoms with van der Waals surface area (Å²) in [6.45, 7) is 0. The van der Waals surface area contributed by atoms with Crippen molar-refractivity contribution in [3.8, 4) is 67.0 Å². The number of hydrogen-bond donors (Lipinski definition) is 0. The van der Waals surface area contributed by atoms with Crippen molar-refractivity contribution in [2.75, 3.05) is 4.90 Å². The maximum Gasteiger partial charge on any atom is 0.136 e. The molecule has 2 nitrogen and oxygen atoms in total. The minimum Gasteiger partial charge on any atom is -0.456 e. The first-order chi connectivity index (χ1) is 30.7. The smallest absolute Gasteiger partial charge is 0.136 e. The van der Waals surface area contributed by atoms with Gasteiger partial charge in [-0.05, 0) is 110 Å². The van der Waals surface area contributed by atoms with E-state index in [-0.39, 0.29) is 0 Å². The molecule has 1 aromatic heterocycles. The Kier molecular flexibility index (Phi) is 9.57. The highest BCUT2D eigenvalue weighted by Crippen LogP contribution is 2.43. The van der Waals surface area contributed by atoms with Crippen molar-refractivity contribution in [2.45, 2.75) is 0 Å². The molecule has 0 aliphatic rings. The molecule has 0 aliphatic heterocycles. The highest BCUT2D eigenvalue weighted by Gasteiger charge is 2.19. The fourth-order valence-corrected chi connectivity index (χ4v) is 8.89. The third kappa shape index (κ3) is 6.94. The van der Waals surface area contributed by atoms with Gasteiger partial charge in [0.1, 0.15) is 11.3 Å². The molecule has 10 aromatic carbocycles. The Morgan fingerprint density at radius 3 is 1.37 bits per heavy atom. The molecule has 11 rings (SSSR count). The molecule has 0 bridgehead atoms. The van der Waals surface area contributed by atoms with Crippen LogP contribution in [0.3, 0.4) is 0 Å². The molecule has 0 fully saturated rings. The number of anilines is 3. The first-order valence-electron chi connectivity index (χ1n) is 21.2. The van der Waals surface area contributed by atoms with Crippen molar-refractivity contribution in [1.82, 2.24) is 0 Å². The van der Waals surface area contributed by atoms with Gasteiger partial charge in [-0.2, -0.15) is 0 Å². The standard InChI is InChI=1S/C60H41NO/c1-3-16-43(17-4-1)51-23-10-12-26-55(51)56-27-13-11-24-52(56)46-32-37-50(38-33-46)61(58-28-15-22-45-20-7-9-25-54(45)58)49-35-30-42(31-36-49)47-34-39-53(44-18-5-2-6-19-44)57(40-47)60-41-48-21-8-14-29-59(48)62-60/h1-41H. The fourth-order valence-electron chi connectivity index (χ4n) is 8.89. The van der Waals surface area contributed by atoms with Crippen LogP contribution in [0.15, 0.2) is 253 Å². The molecule has 0 N–H and O–H groups in total. The molecule has 0 radical (unpaired) electrons. The van der Waals surface area contributed by atoms with Gasteiger partial charge in [0.2, 0.25) is 0 Å². The molecule has 0 unspecified atom stereocenters. The summed E-state index contributed by atoms with van der Waals surface area (Å²) in [5.41, 5.74) is 17.0. The Labute approximate surface area is 362 Å². The zero-order valence-electron chi connectivity index (χ0n) is 34.0. The number of benzene rings is 10. The predicted molar refractivity (Wildman–Crippen MR) is 261 cm³/mol.